The minimum absolute atomic E-state index is 0.468. The van der Waals surface area contributed by atoms with E-state index in [-0.39, 0.29) is 0 Å². The molecule has 0 saturated carbocycles. The Balaban J connectivity index is 2.19. The van der Waals surface area contributed by atoms with Gasteiger partial charge >= 0.3 is 0 Å². The highest BCUT2D eigenvalue weighted by Crippen LogP contribution is 2.36. The fraction of sp³-hybridized carbons (Fsp3) is 0.600. The highest BCUT2D eigenvalue weighted by atomic mass is 16.5. The van der Waals surface area contributed by atoms with Crippen LogP contribution >= 0.6 is 0 Å². The molecule has 0 radical (unpaired) electrons. The molecule has 1 saturated heterocycles. The number of ether oxygens (including phenoxy) is 1. The van der Waals surface area contributed by atoms with E-state index in [1.807, 2.05) is 6.92 Å². The van der Waals surface area contributed by atoms with Crippen LogP contribution < -0.4 is 0 Å². The van der Waals surface area contributed by atoms with Gasteiger partial charge in [0.1, 0.15) is 12.4 Å². The third-order valence-electron chi connectivity index (χ3n) is 2.72. The van der Waals surface area contributed by atoms with Crippen molar-refractivity contribution in [2.45, 2.75) is 31.5 Å². The largest absolute Gasteiger partial charge is 0.385 e. The average Bonchev–Trinajstić information content (AvgIpc) is 2.67. The fourth-order valence-corrected chi connectivity index (χ4v) is 1.82. The highest BCUT2D eigenvalue weighted by molar-refractivity contribution is 5.12. The normalized spacial score (nSPS) is 29.0. The number of aromatic nitrogens is 2. The summed E-state index contributed by atoms with van der Waals surface area (Å²) in [6.07, 6.45) is 5.96. The summed E-state index contributed by atoms with van der Waals surface area (Å²) in [5, 5.41) is 10.1. The molecule has 2 atom stereocenters. The molecular formula is C10H14N2O2. The predicted octanol–water partition coefficient (Wildman–Crippen LogP) is 1.08. The summed E-state index contributed by atoms with van der Waals surface area (Å²) in [6, 6.07) is 0. The van der Waals surface area contributed by atoms with E-state index in [1.165, 1.54) is 6.33 Å². The molecular weight excluding hydrogens is 180 g/mol. The Morgan fingerprint density at radius 1 is 1.50 bits per heavy atom. The fourth-order valence-electron chi connectivity index (χ4n) is 1.82. The lowest BCUT2D eigenvalue weighted by Crippen LogP contribution is -2.32. The zero-order valence-corrected chi connectivity index (χ0v) is 8.18. The molecule has 2 rings (SSSR count). The van der Waals surface area contributed by atoms with Gasteiger partial charge in [0.25, 0.3) is 0 Å². The van der Waals surface area contributed by atoms with Gasteiger partial charge in [0.05, 0.1) is 5.60 Å². The van der Waals surface area contributed by atoms with Gasteiger partial charge in [-0.25, -0.2) is 9.97 Å². The number of hydrogen-bond donors (Lipinski definition) is 1. The Kier molecular flexibility index (Phi) is 2.48. The van der Waals surface area contributed by atoms with Gasteiger partial charge in [-0.05, 0) is 19.8 Å². The van der Waals surface area contributed by atoms with Crippen LogP contribution in [0, 0.1) is 0 Å². The van der Waals surface area contributed by atoms with Gasteiger partial charge in [0.2, 0.25) is 0 Å². The minimum Gasteiger partial charge on any atom is -0.385 e. The van der Waals surface area contributed by atoms with E-state index in [0.29, 0.717) is 0 Å². The average molecular weight is 194 g/mol. The maximum absolute atomic E-state index is 10.1. The molecule has 1 aliphatic rings. The van der Waals surface area contributed by atoms with Gasteiger partial charge in [-0.3, -0.25) is 0 Å². The highest BCUT2D eigenvalue weighted by Gasteiger charge is 2.38. The molecule has 1 aromatic rings. The molecule has 76 valence electrons. The minimum atomic E-state index is -0.633. The first kappa shape index (κ1) is 9.55. The number of aliphatic hydroxyl groups is 1. The molecule has 0 aliphatic carbocycles. The molecule has 0 spiro atoms. The predicted molar refractivity (Wildman–Crippen MR) is 50.6 cm³/mol. The standard InChI is InChI=1S/C10H14N2O2/c1-10(3-2-4-14-10)9(13)8-5-11-7-12-6-8/h5-7,9,13H,2-4H2,1H3. The number of nitrogens with zero attached hydrogens (tertiary/aromatic N) is 2. The first-order valence-electron chi connectivity index (χ1n) is 4.79. The summed E-state index contributed by atoms with van der Waals surface area (Å²) in [5.74, 6) is 0. The second-order valence-corrected chi connectivity index (χ2v) is 3.84. The van der Waals surface area contributed by atoms with Crippen molar-refractivity contribution >= 4 is 0 Å². The monoisotopic (exact) mass is 194 g/mol. The van der Waals surface area contributed by atoms with Crippen molar-refractivity contribution < 1.29 is 9.84 Å². The smallest absolute Gasteiger partial charge is 0.115 e. The van der Waals surface area contributed by atoms with Crippen LogP contribution in [0.25, 0.3) is 0 Å². The van der Waals surface area contributed by atoms with E-state index in [2.05, 4.69) is 9.97 Å². The van der Waals surface area contributed by atoms with E-state index in [9.17, 15) is 5.11 Å². The molecule has 0 aromatic carbocycles. The van der Waals surface area contributed by atoms with Crippen molar-refractivity contribution in [3.05, 3.63) is 24.3 Å². The van der Waals surface area contributed by atoms with Crippen molar-refractivity contribution in [3.8, 4) is 0 Å². The van der Waals surface area contributed by atoms with Gasteiger partial charge in [0, 0.05) is 24.6 Å². The summed E-state index contributed by atoms with van der Waals surface area (Å²) in [5.41, 5.74) is 0.252. The first-order chi connectivity index (χ1) is 6.72. The maximum atomic E-state index is 10.1. The van der Waals surface area contributed by atoms with Gasteiger partial charge < -0.3 is 9.84 Å². The lowest BCUT2D eigenvalue weighted by atomic mass is 9.92. The van der Waals surface area contributed by atoms with Crippen molar-refractivity contribution in [2.75, 3.05) is 6.61 Å². The summed E-state index contributed by atoms with van der Waals surface area (Å²) < 4.78 is 5.55. The van der Waals surface area contributed by atoms with Crippen LogP contribution in [0.4, 0.5) is 0 Å². The third kappa shape index (κ3) is 1.63. The lowest BCUT2D eigenvalue weighted by molar-refractivity contribution is -0.0798. The van der Waals surface area contributed by atoms with E-state index in [4.69, 9.17) is 4.74 Å². The molecule has 0 bridgehead atoms. The van der Waals surface area contributed by atoms with Gasteiger partial charge in [-0.1, -0.05) is 0 Å². The SMILES string of the molecule is CC1(C(O)c2cncnc2)CCCO1. The maximum Gasteiger partial charge on any atom is 0.115 e. The number of aliphatic hydroxyl groups excluding tert-OH is 1. The van der Waals surface area contributed by atoms with Crippen LogP contribution in [0.3, 0.4) is 0 Å². The number of rotatable bonds is 2. The van der Waals surface area contributed by atoms with Gasteiger partial charge in [0.15, 0.2) is 0 Å². The molecule has 4 heteroatoms. The zero-order valence-electron chi connectivity index (χ0n) is 8.18. The molecule has 1 fully saturated rings. The molecule has 1 aromatic heterocycles. The van der Waals surface area contributed by atoms with E-state index >= 15 is 0 Å². The molecule has 0 amide bonds. The molecule has 1 aliphatic heterocycles. The Morgan fingerprint density at radius 2 is 2.21 bits per heavy atom. The first-order valence-corrected chi connectivity index (χ1v) is 4.79. The Bertz CT molecular complexity index is 296. The van der Waals surface area contributed by atoms with Crippen LogP contribution in [-0.2, 0) is 4.74 Å². The molecule has 2 heterocycles. The van der Waals surface area contributed by atoms with Crippen molar-refractivity contribution in [2.24, 2.45) is 0 Å². The van der Waals surface area contributed by atoms with E-state index in [0.717, 1.165) is 25.0 Å². The van der Waals surface area contributed by atoms with Crippen molar-refractivity contribution in [1.82, 2.24) is 9.97 Å². The topological polar surface area (TPSA) is 55.2 Å². The Hall–Kier alpha value is -1.00. The summed E-state index contributed by atoms with van der Waals surface area (Å²) in [4.78, 5) is 7.76. The summed E-state index contributed by atoms with van der Waals surface area (Å²) >= 11 is 0. The molecule has 4 nitrogen and oxygen atoms in total. The van der Waals surface area contributed by atoms with Crippen LogP contribution in [0.1, 0.15) is 31.4 Å². The van der Waals surface area contributed by atoms with Gasteiger partial charge in [-0.15, -0.1) is 0 Å². The summed E-state index contributed by atoms with van der Waals surface area (Å²) in [6.45, 7) is 2.65. The molecule has 2 unspecified atom stereocenters. The second kappa shape index (κ2) is 3.63. The van der Waals surface area contributed by atoms with E-state index < -0.39 is 11.7 Å². The quantitative estimate of drug-likeness (QED) is 0.765. The van der Waals surface area contributed by atoms with Crippen LogP contribution in [0.5, 0.6) is 0 Å². The van der Waals surface area contributed by atoms with E-state index in [1.54, 1.807) is 12.4 Å². The number of hydrogen-bond acceptors (Lipinski definition) is 4. The molecule has 1 N–H and O–H groups in total. The summed E-state index contributed by atoms with van der Waals surface area (Å²) in [7, 11) is 0. The van der Waals surface area contributed by atoms with Crippen molar-refractivity contribution in [3.63, 3.8) is 0 Å². The Labute approximate surface area is 83.0 Å². The van der Waals surface area contributed by atoms with Crippen LogP contribution in [0.15, 0.2) is 18.7 Å². The van der Waals surface area contributed by atoms with Crippen LogP contribution in [-0.4, -0.2) is 27.3 Å². The van der Waals surface area contributed by atoms with Crippen LogP contribution in [0.2, 0.25) is 0 Å². The third-order valence-corrected chi connectivity index (χ3v) is 2.72. The molecule has 14 heavy (non-hydrogen) atoms. The van der Waals surface area contributed by atoms with Crippen molar-refractivity contribution in [1.29, 1.82) is 0 Å². The zero-order chi connectivity index (χ0) is 10.0. The lowest BCUT2D eigenvalue weighted by Gasteiger charge is -2.28. The van der Waals surface area contributed by atoms with Gasteiger partial charge in [-0.2, -0.15) is 0 Å². The second-order valence-electron chi connectivity index (χ2n) is 3.84. The Morgan fingerprint density at radius 3 is 2.79 bits per heavy atom.